The number of piperazine rings is 1. The van der Waals surface area contributed by atoms with Crippen LogP contribution < -0.4 is 20.1 Å². The quantitative estimate of drug-likeness (QED) is 0.168. The van der Waals surface area contributed by atoms with E-state index in [9.17, 15) is 23.6 Å². The average Bonchev–Trinajstić information content (AvgIpc) is 3.36. The summed E-state index contributed by atoms with van der Waals surface area (Å²) in [5, 5.41) is 5.99. The van der Waals surface area contributed by atoms with E-state index >= 15 is 4.39 Å². The maximum atomic E-state index is 15.2. The summed E-state index contributed by atoms with van der Waals surface area (Å²) in [5.74, 6) is -2.15. The first-order valence-electron chi connectivity index (χ1n) is 16.8. The van der Waals surface area contributed by atoms with Gasteiger partial charge in [-0.15, -0.1) is 0 Å². The molecule has 0 radical (unpaired) electrons. The van der Waals surface area contributed by atoms with Gasteiger partial charge in [-0.3, -0.25) is 34.3 Å². The van der Waals surface area contributed by atoms with Crippen LogP contribution in [0, 0.1) is 11.6 Å². The Morgan fingerprint density at radius 3 is 2.40 bits per heavy atom. The first kappa shape index (κ1) is 35.2. The molecule has 16 heteroatoms. The molecule has 270 valence electrons. The first-order chi connectivity index (χ1) is 25.1. The number of ether oxygens (including phenoxy) is 2. The zero-order valence-electron chi connectivity index (χ0n) is 28.1. The second-order valence-electron chi connectivity index (χ2n) is 12.8. The number of carbonyl (C=O) groups is 4. The maximum absolute atomic E-state index is 15.2. The van der Waals surface area contributed by atoms with Gasteiger partial charge in [0.05, 0.1) is 35.4 Å². The number of rotatable bonds is 11. The minimum atomic E-state index is -1.11. The Morgan fingerprint density at radius 1 is 0.923 bits per heavy atom. The molecular formula is C36H34ClF2N7O6. The molecule has 0 spiro atoms. The molecule has 52 heavy (non-hydrogen) atoms. The Morgan fingerprint density at radius 2 is 1.67 bits per heavy atom. The smallest absolute Gasteiger partial charge is 0.262 e. The molecule has 13 nitrogen and oxygen atoms in total. The topological polar surface area (TPSA) is 146 Å². The van der Waals surface area contributed by atoms with Gasteiger partial charge in [0.2, 0.25) is 11.8 Å². The fourth-order valence-electron chi connectivity index (χ4n) is 6.69. The number of anilines is 2. The molecule has 2 N–H and O–H groups in total. The van der Waals surface area contributed by atoms with Crippen molar-refractivity contribution in [2.75, 3.05) is 51.8 Å². The number of amides is 4. The van der Waals surface area contributed by atoms with Crippen molar-refractivity contribution in [3.63, 3.8) is 0 Å². The third kappa shape index (κ3) is 7.11. The maximum Gasteiger partial charge on any atom is 0.262 e. The zero-order valence-corrected chi connectivity index (χ0v) is 28.8. The predicted octanol–water partition coefficient (Wildman–Crippen LogP) is 4.30. The predicted molar refractivity (Wildman–Crippen MR) is 186 cm³/mol. The highest BCUT2D eigenvalue weighted by Gasteiger charge is 2.45. The third-order valence-electron chi connectivity index (χ3n) is 9.44. The Hall–Kier alpha value is -5.25. The van der Waals surface area contributed by atoms with Crippen molar-refractivity contribution in [1.82, 2.24) is 30.0 Å². The van der Waals surface area contributed by atoms with Gasteiger partial charge in [-0.25, -0.2) is 18.7 Å². The van der Waals surface area contributed by atoms with Gasteiger partial charge in [0.1, 0.15) is 29.8 Å². The van der Waals surface area contributed by atoms with Crippen molar-refractivity contribution < 1.29 is 37.4 Å². The number of benzene rings is 3. The lowest BCUT2D eigenvalue weighted by atomic mass is 10.0. The van der Waals surface area contributed by atoms with E-state index in [-0.39, 0.29) is 35.5 Å². The molecule has 3 aliphatic heterocycles. The summed E-state index contributed by atoms with van der Waals surface area (Å²) in [6.07, 6.45) is 2.18. The minimum Gasteiger partial charge on any atom is -0.493 e. The van der Waals surface area contributed by atoms with Crippen LogP contribution >= 0.6 is 11.6 Å². The molecule has 4 amide bonds. The van der Waals surface area contributed by atoms with Crippen LogP contribution in [0.2, 0.25) is 5.02 Å². The van der Waals surface area contributed by atoms with E-state index in [2.05, 4.69) is 30.4 Å². The van der Waals surface area contributed by atoms with Gasteiger partial charge in [-0.2, -0.15) is 0 Å². The number of hydrogen-bond acceptors (Lipinski definition) is 11. The van der Waals surface area contributed by atoms with Crippen molar-refractivity contribution >= 4 is 57.6 Å². The summed E-state index contributed by atoms with van der Waals surface area (Å²) in [4.78, 5) is 64.0. The van der Waals surface area contributed by atoms with Crippen molar-refractivity contribution in [3.8, 4) is 11.5 Å². The average molecular weight is 734 g/mol. The van der Waals surface area contributed by atoms with Crippen LogP contribution in [0.5, 0.6) is 11.5 Å². The second-order valence-corrected chi connectivity index (χ2v) is 13.2. The zero-order chi connectivity index (χ0) is 36.5. The summed E-state index contributed by atoms with van der Waals surface area (Å²) in [5.41, 5.74) is 1.46. The molecule has 0 bridgehead atoms. The molecule has 2 fully saturated rings. The third-order valence-corrected chi connectivity index (χ3v) is 9.73. The Labute approximate surface area is 301 Å². The van der Waals surface area contributed by atoms with E-state index < -0.39 is 41.3 Å². The van der Waals surface area contributed by atoms with Gasteiger partial charge in [0.15, 0.2) is 11.5 Å². The highest BCUT2D eigenvalue weighted by atomic mass is 35.5. The van der Waals surface area contributed by atoms with Crippen LogP contribution in [0.3, 0.4) is 0 Å². The van der Waals surface area contributed by atoms with Crippen molar-refractivity contribution in [1.29, 1.82) is 0 Å². The molecule has 0 saturated carbocycles. The molecule has 2 saturated heterocycles. The van der Waals surface area contributed by atoms with Crippen molar-refractivity contribution in [3.05, 3.63) is 82.1 Å². The molecule has 4 aromatic rings. The van der Waals surface area contributed by atoms with Gasteiger partial charge in [0, 0.05) is 68.4 Å². The van der Waals surface area contributed by atoms with Crippen molar-refractivity contribution in [2.45, 2.75) is 31.8 Å². The number of fused-ring (bicyclic) bond motifs is 2. The molecule has 1 atom stereocenters. The fraction of sp³-hybridized carbons (Fsp3) is 0.333. The van der Waals surface area contributed by atoms with Gasteiger partial charge >= 0.3 is 0 Å². The van der Waals surface area contributed by atoms with E-state index in [1.54, 1.807) is 25.3 Å². The van der Waals surface area contributed by atoms with Crippen LogP contribution in [0.1, 0.15) is 45.5 Å². The fourth-order valence-corrected chi connectivity index (χ4v) is 6.87. The number of methoxy groups -OCH3 is 1. The number of halogens is 3. The van der Waals surface area contributed by atoms with E-state index in [1.807, 2.05) is 0 Å². The van der Waals surface area contributed by atoms with Crippen LogP contribution in [-0.4, -0.2) is 101 Å². The minimum absolute atomic E-state index is 0.00780. The first-order valence-corrected chi connectivity index (χ1v) is 17.1. The van der Waals surface area contributed by atoms with Gasteiger partial charge < -0.3 is 19.7 Å². The standard InChI is InChI=1S/C36H34ClF2N7O6/c1-51-30-17-28-24(33(41-19-40-28)42-21-3-4-26(38)25(37)14-21)16-31(30)52-12-2-7-44-8-10-45(11-9-44)18-20-13-22-23(15-27(20)39)36(50)46(35(22)49)29-5-6-32(47)43-34(29)48/h3-4,13-17,19,29H,2,5-12,18H2,1H3,(H,40,41,42)(H,43,47,48). The van der Waals surface area contributed by atoms with Crippen LogP contribution in [0.15, 0.2) is 48.8 Å². The van der Waals surface area contributed by atoms with Gasteiger partial charge in [0.25, 0.3) is 11.8 Å². The van der Waals surface area contributed by atoms with Gasteiger partial charge in [-0.1, -0.05) is 11.6 Å². The van der Waals surface area contributed by atoms with Crippen LogP contribution in [0.25, 0.3) is 10.9 Å². The molecule has 3 aliphatic rings. The summed E-state index contributed by atoms with van der Waals surface area (Å²) >= 11 is 5.95. The highest BCUT2D eigenvalue weighted by molar-refractivity contribution is 6.31. The van der Waals surface area contributed by atoms with Crippen molar-refractivity contribution in [2.24, 2.45) is 0 Å². The summed E-state index contributed by atoms with van der Waals surface area (Å²) in [6, 6.07) is 9.25. The van der Waals surface area contributed by atoms with E-state index in [4.69, 9.17) is 21.1 Å². The number of nitrogens with one attached hydrogen (secondary N) is 2. The largest absolute Gasteiger partial charge is 0.493 e. The Bertz CT molecular complexity index is 2090. The normalized spacial score (nSPS) is 18.2. The molecule has 7 rings (SSSR count). The van der Waals surface area contributed by atoms with E-state index in [0.29, 0.717) is 59.2 Å². The Balaban J connectivity index is 0.920. The lowest BCUT2D eigenvalue weighted by Gasteiger charge is -2.34. The molecule has 3 aromatic carbocycles. The summed E-state index contributed by atoms with van der Waals surface area (Å²) in [6.45, 7) is 4.26. The number of nitrogens with zero attached hydrogens (tertiary/aromatic N) is 5. The van der Waals surface area contributed by atoms with Crippen LogP contribution in [0.4, 0.5) is 20.3 Å². The lowest BCUT2D eigenvalue weighted by molar-refractivity contribution is -0.136. The molecule has 1 unspecified atom stereocenters. The number of carbonyl (C=O) groups excluding carboxylic acids is 4. The van der Waals surface area contributed by atoms with Gasteiger partial charge in [-0.05, 0) is 49.2 Å². The molecule has 4 heterocycles. The molecule has 1 aromatic heterocycles. The number of imide groups is 2. The molecule has 0 aliphatic carbocycles. The SMILES string of the molecule is COc1cc2ncnc(Nc3ccc(F)c(Cl)c3)c2cc1OCCCN1CCN(Cc2cc3c(cc2F)C(=O)N(C2CCC(=O)NC2=O)C3=O)CC1. The second kappa shape index (κ2) is 14.8. The van der Waals surface area contributed by atoms with E-state index in [1.165, 1.54) is 24.5 Å². The molecular weight excluding hydrogens is 700 g/mol. The Kier molecular flexibility index (Phi) is 9.99. The number of piperidine rings is 1. The van der Waals surface area contributed by atoms with Crippen LogP contribution in [-0.2, 0) is 16.1 Å². The number of hydrogen-bond donors (Lipinski definition) is 2. The summed E-state index contributed by atoms with van der Waals surface area (Å²) < 4.78 is 40.6. The summed E-state index contributed by atoms with van der Waals surface area (Å²) in [7, 11) is 1.55. The van der Waals surface area contributed by atoms with E-state index in [0.717, 1.165) is 37.0 Å². The monoisotopic (exact) mass is 733 g/mol. The number of aromatic nitrogens is 2. The lowest BCUT2D eigenvalue weighted by Crippen LogP contribution is -2.54. The highest BCUT2D eigenvalue weighted by Crippen LogP contribution is 2.35.